The molecule has 5 heteroatoms. The van der Waals surface area contributed by atoms with Gasteiger partial charge in [0.25, 0.3) is 0 Å². The number of carbonyl (C=O) groups excluding carboxylic acids is 1. The minimum atomic E-state index is 0.286. The smallest absolute Gasteiger partial charge is 0.222 e. The monoisotopic (exact) mass is 289 g/mol. The zero-order chi connectivity index (χ0) is 14.7. The quantitative estimate of drug-likeness (QED) is 0.853. The number of nitrogens with zero attached hydrogens (tertiary/aromatic N) is 3. The first kappa shape index (κ1) is 14.4. The van der Waals surface area contributed by atoms with Crippen LogP contribution >= 0.6 is 0 Å². The Balaban J connectivity index is 1.51. The van der Waals surface area contributed by atoms with Crippen molar-refractivity contribution < 1.29 is 9.53 Å². The summed E-state index contributed by atoms with van der Waals surface area (Å²) in [5.41, 5.74) is 1.01. The number of aryl methyl sites for hydroxylation is 1. The number of aromatic nitrogens is 2. The summed E-state index contributed by atoms with van der Waals surface area (Å²) in [5.74, 6) is 2.04. The van der Waals surface area contributed by atoms with Crippen molar-refractivity contribution in [3.05, 3.63) is 23.8 Å². The first-order valence-electron chi connectivity index (χ1n) is 7.87. The summed E-state index contributed by atoms with van der Waals surface area (Å²) in [4.78, 5) is 23.2. The molecule has 1 aromatic heterocycles. The summed E-state index contributed by atoms with van der Waals surface area (Å²) in [6.45, 7) is 5.21. The maximum Gasteiger partial charge on any atom is 0.222 e. The van der Waals surface area contributed by atoms with Crippen molar-refractivity contribution >= 4 is 5.91 Å². The van der Waals surface area contributed by atoms with E-state index in [1.54, 1.807) is 0 Å². The highest BCUT2D eigenvalue weighted by atomic mass is 16.5. The van der Waals surface area contributed by atoms with Crippen molar-refractivity contribution in [3.63, 3.8) is 0 Å². The summed E-state index contributed by atoms with van der Waals surface area (Å²) in [6, 6.07) is 1.92. The second-order valence-electron chi connectivity index (χ2n) is 6.15. The van der Waals surface area contributed by atoms with Crippen LogP contribution in [0, 0.1) is 12.8 Å². The van der Waals surface area contributed by atoms with Crippen LogP contribution in [0.4, 0.5) is 0 Å². The van der Waals surface area contributed by atoms with Gasteiger partial charge < -0.3 is 9.64 Å². The number of amides is 1. The molecular formula is C16H23N3O2. The molecule has 5 nitrogen and oxygen atoms in total. The molecule has 2 fully saturated rings. The topological polar surface area (TPSA) is 55.3 Å². The van der Waals surface area contributed by atoms with E-state index in [2.05, 4.69) is 9.97 Å². The summed E-state index contributed by atoms with van der Waals surface area (Å²) in [7, 11) is 0. The maximum atomic E-state index is 12.3. The van der Waals surface area contributed by atoms with Crippen molar-refractivity contribution in [3.8, 4) is 0 Å². The van der Waals surface area contributed by atoms with E-state index < -0.39 is 0 Å². The summed E-state index contributed by atoms with van der Waals surface area (Å²) in [6.07, 6.45) is 5.44. The van der Waals surface area contributed by atoms with Crippen LogP contribution in [0.25, 0.3) is 0 Å². The van der Waals surface area contributed by atoms with Gasteiger partial charge in [0.15, 0.2) is 0 Å². The van der Waals surface area contributed by atoms with Crippen LogP contribution in [0.15, 0.2) is 12.3 Å². The average Bonchev–Trinajstić information content (AvgIpc) is 3.00. The third kappa shape index (κ3) is 3.59. The number of piperidine rings is 1. The van der Waals surface area contributed by atoms with Gasteiger partial charge in [-0.15, -0.1) is 0 Å². The Labute approximate surface area is 125 Å². The number of ether oxygens (including phenoxy) is 1. The first-order chi connectivity index (χ1) is 10.2. The van der Waals surface area contributed by atoms with Gasteiger partial charge in [0.1, 0.15) is 5.82 Å². The lowest BCUT2D eigenvalue weighted by Gasteiger charge is -2.32. The first-order valence-corrected chi connectivity index (χ1v) is 7.87. The second-order valence-corrected chi connectivity index (χ2v) is 6.15. The molecule has 3 rings (SSSR count). The molecule has 1 unspecified atom stereocenters. The zero-order valence-electron chi connectivity index (χ0n) is 12.6. The van der Waals surface area contributed by atoms with E-state index in [1.165, 1.54) is 0 Å². The number of hydrogen-bond acceptors (Lipinski definition) is 4. The van der Waals surface area contributed by atoms with Crippen molar-refractivity contribution in [2.75, 3.05) is 26.3 Å². The van der Waals surface area contributed by atoms with Gasteiger partial charge in [-0.05, 0) is 38.2 Å². The van der Waals surface area contributed by atoms with Gasteiger partial charge >= 0.3 is 0 Å². The van der Waals surface area contributed by atoms with Crippen LogP contribution in [0.2, 0.25) is 0 Å². The molecule has 21 heavy (non-hydrogen) atoms. The molecular weight excluding hydrogens is 266 g/mol. The van der Waals surface area contributed by atoms with E-state index in [4.69, 9.17) is 4.74 Å². The molecule has 0 radical (unpaired) electrons. The van der Waals surface area contributed by atoms with Gasteiger partial charge in [-0.3, -0.25) is 4.79 Å². The Hall–Kier alpha value is -1.49. The Morgan fingerprint density at radius 1 is 1.38 bits per heavy atom. The predicted octanol–water partition coefficient (Wildman–Crippen LogP) is 1.92. The molecule has 1 atom stereocenters. The van der Waals surface area contributed by atoms with Gasteiger partial charge in [0.05, 0.1) is 0 Å². The normalized spacial score (nSPS) is 23.5. The lowest BCUT2D eigenvalue weighted by atomic mass is 9.95. The third-order valence-corrected chi connectivity index (χ3v) is 4.51. The lowest BCUT2D eigenvalue weighted by Crippen LogP contribution is -2.39. The fraction of sp³-hybridized carbons (Fsp3) is 0.688. The molecule has 2 aliphatic heterocycles. The van der Waals surface area contributed by atoms with Crippen LogP contribution in [0.3, 0.4) is 0 Å². The van der Waals surface area contributed by atoms with Gasteiger partial charge in [-0.25, -0.2) is 9.97 Å². The average molecular weight is 289 g/mol. The van der Waals surface area contributed by atoms with Gasteiger partial charge in [0.2, 0.25) is 5.91 Å². The van der Waals surface area contributed by atoms with Gasteiger partial charge in [0, 0.05) is 50.5 Å². The molecule has 0 spiro atoms. The third-order valence-electron chi connectivity index (χ3n) is 4.51. The number of carbonyl (C=O) groups is 1. The molecule has 2 saturated heterocycles. The molecule has 1 aromatic rings. The number of likely N-dealkylation sites (tertiary alicyclic amines) is 1. The zero-order valence-corrected chi connectivity index (χ0v) is 12.6. The molecule has 0 bridgehead atoms. The molecule has 0 saturated carbocycles. The predicted molar refractivity (Wildman–Crippen MR) is 78.9 cm³/mol. The van der Waals surface area contributed by atoms with Crippen LogP contribution in [0.5, 0.6) is 0 Å². The second kappa shape index (κ2) is 6.52. The number of rotatable bonds is 3. The Bertz CT molecular complexity index is 492. The molecule has 0 N–H and O–H groups in total. The SMILES string of the molecule is Cc1ccnc(C2CCN(C(=O)CC3CCOC3)CC2)n1. The summed E-state index contributed by atoms with van der Waals surface area (Å²) >= 11 is 0. The van der Waals surface area contributed by atoms with Crippen LogP contribution in [-0.4, -0.2) is 47.1 Å². The molecule has 1 amide bonds. The molecule has 3 heterocycles. The van der Waals surface area contributed by atoms with E-state index >= 15 is 0 Å². The van der Waals surface area contributed by atoms with E-state index in [0.29, 0.717) is 18.3 Å². The van der Waals surface area contributed by atoms with Crippen LogP contribution in [-0.2, 0) is 9.53 Å². The Morgan fingerprint density at radius 3 is 2.86 bits per heavy atom. The van der Waals surface area contributed by atoms with Crippen molar-refractivity contribution in [2.24, 2.45) is 5.92 Å². The van der Waals surface area contributed by atoms with Crippen molar-refractivity contribution in [2.45, 2.75) is 38.5 Å². The minimum absolute atomic E-state index is 0.286. The van der Waals surface area contributed by atoms with Crippen molar-refractivity contribution in [1.82, 2.24) is 14.9 Å². The molecule has 0 aromatic carbocycles. The van der Waals surface area contributed by atoms with E-state index in [1.807, 2.05) is 24.1 Å². The van der Waals surface area contributed by atoms with E-state index in [0.717, 1.165) is 57.1 Å². The summed E-state index contributed by atoms with van der Waals surface area (Å²) < 4.78 is 5.34. The summed E-state index contributed by atoms with van der Waals surface area (Å²) in [5, 5.41) is 0. The largest absolute Gasteiger partial charge is 0.381 e. The van der Waals surface area contributed by atoms with Crippen LogP contribution in [0.1, 0.15) is 43.1 Å². The van der Waals surface area contributed by atoms with E-state index in [9.17, 15) is 4.79 Å². The minimum Gasteiger partial charge on any atom is -0.381 e. The van der Waals surface area contributed by atoms with Gasteiger partial charge in [-0.2, -0.15) is 0 Å². The van der Waals surface area contributed by atoms with Crippen molar-refractivity contribution in [1.29, 1.82) is 0 Å². The molecule has 114 valence electrons. The van der Waals surface area contributed by atoms with E-state index in [-0.39, 0.29) is 5.91 Å². The molecule has 2 aliphatic rings. The maximum absolute atomic E-state index is 12.3. The van der Waals surface area contributed by atoms with Gasteiger partial charge in [-0.1, -0.05) is 0 Å². The molecule has 0 aliphatic carbocycles. The Morgan fingerprint density at radius 2 is 2.19 bits per heavy atom. The standard InChI is InChI=1S/C16H23N3O2/c1-12-2-6-17-16(18-12)14-3-7-19(8-4-14)15(20)10-13-5-9-21-11-13/h2,6,13-14H,3-5,7-11H2,1H3. The fourth-order valence-electron chi connectivity index (χ4n) is 3.17. The fourth-order valence-corrected chi connectivity index (χ4v) is 3.17. The van der Waals surface area contributed by atoms with Crippen LogP contribution < -0.4 is 0 Å². The highest BCUT2D eigenvalue weighted by Crippen LogP contribution is 2.26. The number of hydrogen-bond donors (Lipinski definition) is 0. The Kier molecular flexibility index (Phi) is 4.48. The highest BCUT2D eigenvalue weighted by Gasteiger charge is 2.27. The lowest BCUT2D eigenvalue weighted by molar-refractivity contribution is -0.133. The highest BCUT2D eigenvalue weighted by molar-refractivity contribution is 5.76.